The maximum atomic E-state index is 13.8. The minimum Gasteiger partial charge on any atom is -0.495 e. The van der Waals surface area contributed by atoms with Crippen LogP contribution in [0.4, 0.5) is 5.69 Å². The molecule has 2 aliphatic heterocycles. The molecule has 0 saturated carbocycles. The van der Waals surface area contributed by atoms with Crippen molar-refractivity contribution in [1.82, 2.24) is 14.5 Å². The van der Waals surface area contributed by atoms with Crippen molar-refractivity contribution < 1.29 is 14.3 Å². The van der Waals surface area contributed by atoms with Crippen LogP contribution in [0.15, 0.2) is 54.5 Å². The van der Waals surface area contributed by atoms with Gasteiger partial charge in [0.1, 0.15) is 5.75 Å². The lowest BCUT2D eigenvalue weighted by Crippen LogP contribution is -2.41. The molecule has 2 fully saturated rings. The fraction of sp³-hybridized carbons (Fsp3) is 0.419. The summed E-state index contributed by atoms with van der Waals surface area (Å²) in [6, 6.07) is 13.1. The molecule has 0 spiro atoms. The summed E-state index contributed by atoms with van der Waals surface area (Å²) in [5, 5.41) is 0. The van der Waals surface area contributed by atoms with E-state index in [9.17, 15) is 4.79 Å². The van der Waals surface area contributed by atoms with Crippen molar-refractivity contribution in [2.75, 3.05) is 44.9 Å². The molecule has 2 saturated heterocycles. The number of aromatic nitrogens is 2. The fourth-order valence-corrected chi connectivity index (χ4v) is 6.13. The van der Waals surface area contributed by atoms with Crippen molar-refractivity contribution in [3.8, 4) is 11.4 Å². The van der Waals surface area contributed by atoms with Gasteiger partial charge in [-0.15, -0.1) is 0 Å². The van der Waals surface area contributed by atoms with Crippen LogP contribution in [0.2, 0.25) is 0 Å². The number of benzene rings is 2. The number of imidazole rings is 1. The SMILES string of the molecule is COc1cc(C=C2CCCN([C@H]3CCCc4cc(N5CCOCC5)ccc43)C2=O)ccc1-n1cnc(C)c1. The maximum absolute atomic E-state index is 13.8. The van der Waals surface area contributed by atoms with Crippen molar-refractivity contribution in [1.29, 1.82) is 0 Å². The van der Waals surface area contributed by atoms with Gasteiger partial charge < -0.3 is 23.8 Å². The van der Waals surface area contributed by atoms with Crippen LogP contribution in [0, 0.1) is 6.92 Å². The molecule has 7 nitrogen and oxygen atoms in total. The van der Waals surface area contributed by atoms with Crippen LogP contribution in [0.3, 0.4) is 0 Å². The van der Waals surface area contributed by atoms with Gasteiger partial charge >= 0.3 is 0 Å². The van der Waals surface area contributed by atoms with Crippen LogP contribution in [0.25, 0.3) is 11.8 Å². The third-order valence-corrected chi connectivity index (χ3v) is 8.08. The van der Waals surface area contributed by atoms with E-state index in [1.807, 2.05) is 35.9 Å². The van der Waals surface area contributed by atoms with E-state index in [0.717, 1.165) is 93.2 Å². The average Bonchev–Trinajstić information content (AvgIpc) is 3.40. The van der Waals surface area contributed by atoms with Crippen LogP contribution in [0.1, 0.15) is 54.1 Å². The van der Waals surface area contributed by atoms with E-state index in [0.29, 0.717) is 0 Å². The number of carbonyl (C=O) groups is 1. The lowest BCUT2D eigenvalue weighted by molar-refractivity contribution is -0.131. The number of amides is 1. The highest BCUT2D eigenvalue weighted by molar-refractivity contribution is 5.99. The van der Waals surface area contributed by atoms with Crippen molar-refractivity contribution in [3.63, 3.8) is 0 Å². The number of carbonyl (C=O) groups excluding carboxylic acids is 1. The zero-order valence-electron chi connectivity index (χ0n) is 22.4. The molecule has 3 heterocycles. The predicted molar refractivity (Wildman–Crippen MR) is 149 cm³/mol. The molecule has 38 heavy (non-hydrogen) atoms. The van der Waals surface area contributed by atoms with Crippen molar-refractivity contribution in [2.45, 2.75) is 45.1 Å². The number of hydrogen-bond donors (Lipinski definition) is 0. The summed E-state index contributed by atoms with van der Waals surface area (Å²) in [5.74, 6) is 0.925. The second-order valence-corrected chi connectivity index (χ2v) is 10.5. The predicted octanol–water partition coefficient (Wildman–Crippen LogP) is 5.11. The highest BCUT2D eigenvalue weighted by Gasteiger charge is 2.33. The Hall–Kier alpha value is -3.58. The minimum absolute atomic E-state index is 0.148. The van der Waals surface area contributed by atoms with E-state index in [4.69, 9.17) is 9.47 Å². The normalized spacial score (nSPS) is 21.1. The number of fused-ring (bicyclic) bond motifs is 1. The van der Waals surface area contributed by atoms with Crippen molar-refractivity contribution in [2.24, 2.45) is 0 Å². The molecule has 0 radical (unpaired) electrons. The van der Waals surface area contributed by atoms with E-state index in [1.54, 1.807) is 13.4 Å². The molecule has 6 rings (SSSR count). The Morgan fingerprint density at radius 1 is 1.05 bits per heavy atom. The summed E-state index contributed by atoms with van der Waals surface area (Å²) in [4.78, 5) is 22.7. The molecule has 3 aliphatic rings. The molecule has 2 aromatic carbocycles. The summed E-state index contributed by atoms with van der Waals surface area (Å²) in [6.45, 7) is 6.23. The number of ether oxygens (including phenoxy) is 2. The van der Waals surface area contributed by atoms with Gasteiger partial charge in [-0.2, -0.15) is 0 Å². The number of nitrogens with zero attached hydrogens (tertiary/aromatic N) is 4. The molecule has 0 bridgehead atoms. The Morgan fingerprint density at radius 2 is 1.92 bits per heavy atom. The molecule has 3 aromatic rings. The second kappa shape index (κ2) is 10.7. The molecule has 1 aromatic heterocycles. The smallest absolute Gasteiger partial charge is 0.250 e. The Bertz CT molecular complexity index is 1350. The Morgan fingerprint density at radius 3 is 2.71 bits per heavy atom. The van der Waals surface area contributed by atoms with Gasteiger partial charge in [-0.05, 0) is 86.1 Å². The standard InChI is InChI=1S/C31H36N4O3/c1-22-20-34(21-32-22)29-11-8-23(18-30(29)37-2)17-25-6-4-12-35(31(25)36)28-7-3-5-24-19-26(9-10-27(24)28)33-13-15-38-16-14-33/h8-11,17-21,28H,3-7,12-16H2,1-2H3/t28-/m0/s1. The summed E-state index contributed by atoms with van der Waals surface area (Å²) in [7, 11) is 1.68. The van der Waals surface area contributed by atoms with Gasteiger partial charge in [0, 0.05) is 37.1 Å². The zero-order chi connectivity index (χ0) is 26.1. The van der Waals surface area contributed by atoms with Crippen LogP contribution in [-0.4, -0.2) is 60.3 Å². The molecule has 198 valence electrons. The number of likely N-dealkylation sites (tertiary alicyclic amines) is 1. The summed E-state index contributed by atoms with van der Waals surface area (Å²) >= 11 is 0. The first-order chi connectivity index (χ1) is 18.6. The van der Waals surface area contributed by atoms with Gasteiger partial charge in [-0.25, -0.2) is 4.98 Å². The van der Waals surface area contributed by atoms with Gasteiger partial charge in [0.05, 0.1) is 44.1 Å². The molecule has 0 N–H and O–H groups in total. The monoisotopic (exact) mass is 512 g/mol. The molecular weight excluding hydrogens is 476 g/mol. The van der Waals surface area contributed by atoms with Gasteiger partial charge in [-0.1, -0.05) is 12.1 Å². The highest BCUT2D eigenvalue weighted by Crippen LogP contribution is 2.39. The van der Waals surface area contributed by atoms with E-state index < -0.39 is 0 Å². The second-order valence-electron chi connectivity index (χ2n) is 10.5. The van der Waals surface area contributed by atoms with E-state index in [1.165, 1.54) is 16.8 Å². The fourth-order valence-electron chi connectivity index (χ4n) is 6.13. The molecule has 1 aliphatic carbocycles. The average molecular weight is 513 g/mol. The van der Waals surface area contributed by atoms with E-state index in [-0.39, 0.29) is 11.9 Å². The Labute approximate surface area is 224 Å². The van der Waals surface area contributed by atoms with Crippen LogP contribution < -0.4 is 9.64 Å². The van der Waals surface area contributed by atoms with Gasteiger partial charge in [0.25, 0.3) is 0 Å². The van der Waals surface area contributed by atoms with E-state index in [2.05, 4.69) is 39.0 Å². The van der Waals surface area contributed by atoms with Gasteiger partial charge in [0.2, 0.25) is 5.91 Å². The van der Waals surface area contributed by atoms with Crippen molar-refractivity contribution >= 4 is 17.7 Å². The molecule has 1 amide bonds. The zero-order valence-corrected chi connectivity index (χ0v) is 22.4. The number of piperidine rings is 1. The number of hydrogen-bond acceptors (Lipinski definition) is 5. The quantitative estimate of drug-likeness (QED) is 0.445. The van der Waals surface area contributed by atoms with Crippen molar-refractivity contribution in [3.05, 3.63) is 76.9 Å². The Kier molecular flexibility index (Phi) is 6.94. The van der Waals surface area contributed by atoms with Crippen LogP contribution >= 0.6 is 0 Å². The molecular formula is C31H36N4O3. The Balaban J connectivity index is 1.24. The minimum atomic E-state index is 0.148. The number of anilines is 1. The number of rotatable bonds is 5. The topological polar surface area (TPSA) is 59.8 Å². The van der Waals surface area contributed by atoms with Gasteiger partial charge in [0.15, 0.2) is 0 Å². The number of aryl methyl sites for hydroxylation is 2. The van der Waals surface area contributed by atoms with Crippen LogP contribution in [0.5, 0.6) is 5.75 Å². The summed E-state index contributed by atoms with van der Waals surface area (Å²) < 4.78 is 13.2. The first kappa shape index (κ1) is 24.7. The molecule has 7 heteroatoms. The number of morpholine rings is 1. The van der Waals surface area contributed by atoms with Gasteiger partial charge in [-0.3, -0.25) is 4.79 Å². The largest absolute Gasteiger partial charge is 0.495 e. The lowest BCUT2D eigenvalue weighted by atomic mass is 9.85. The maximum Gasteiger partial charge on any atom is 0.250 e. The first-order valence-electron chi connectivity index (χ1n) is 13.8. The third kappa shape index (κ3) is 4.83. The number of methoxy groups -OCH3 is 1. The summed E-state index contributed by atoms with van der Waals surface area (Å²) in [5.41, 5.74) is 7.73. The molecule has 1 atom stereocenters. The first-order valence-corrected chi connectivity index (χ1v) is 13.8. The summed E-state index contributed by atoms with van der Waals surface area (Å²) in [6.07, 6.45) is 10.8. The molecule has 0 unspecified atom stereocenters. The highest BCUT2D eigenvalue weighted by atomic mass is 16.5. The van der Waals surface area contributed by atoms with E-state index >= 15 is 0 Å². The van der Waals surface area contributed by atoms with Crippen LogP contribution in [-0.2, 0) is 16.0 Å². The lowest BCUT2D eigenvalue weighted by Gasteiger charge is -2.39. The third-order valence-electron chi connectivity index (χ3n) is 8.08.